The molecule has 10 heteroatoms. The first-order valence-electron chi connectivity index (χ1n) is 11.6. The molecule has 35 heavy (non-hydrogen) atoms. The number of rotatable bonds is 10. The van der Waals surface area contributed by atoms with E-state index in [9.17, 15) is 23.2 Å². The topological polar surface area (TPSA) is 88.6 Å². The molecule has 0 spiro atoms. The monoisotopic (exact) mass is 549 g/mol. The van der Waals surface area contributed by atoms with Gasteiger partial charge in [0.1, 0.15) is 12.6 Å². The Hall–Kier alpha value is -2.88. The molecule has 1 aliphatic carbocycles. The Labute approximate surface area is 210 Å². The van der Waals surface area contributed by atoms with Gasteiger partial charge in [0.05, 0.1) is 5.69 Å². The number of nitrogens with zero attached hydrogens (tertiary/aromatic N) is 2. The molecule has 2 aromatic rings. The highest BCUT2D eigenvalue weighted by Crippen LogP contribution is 2.34. The fourth-order valence-corrected chi connectivity index (χ4v) is 4.42. The largest absolute Gasteiger partial charge is 0.458 e. The molecule has 0 bridgehead atoms. The summed E-state index contributed by atoms with van der Waals surface area (Å²) in [6.07, 6.45) is 4.71. The van der Waals surface area contributed by atoms with Crippen molar-refractivity contribution in [2.45, 2.75) is 63.8 Å². The quantitative estimate of drug-likeness (QED) is 0.452. The first kappa shape index (κ1) is 25.2. The first-order valence-corrected chi connectivity index (χ1v) is 12.4. The maximum absolute atomic E-state index is 14.1. The summed E-state index contributed by atoms with van der Waals surface area (Å²) in [5.41, 5.74) is 0.644. The Morgan fingerprint density at radius 1 is 1.20 bits per heavy atom. The molecule has 1 saturated carbocycles. The van der Waals surface area contributed by atoms with Crippen LogP contribution in [0.15, 0.2) is 41.0 Å². The zero-order valence-electron chi connectivity index (χ0n) is 19.0. The number of halogens is 3. The Kier molecular flexibility index (Phi) is 8.10. The van der Waals surface area contributed by atoms with E-state index in [2.05, 4.69) is 26.2 Å². The third-order valence-corrected chi connectivity index (χ3v) is 6.75. The highest BCUT2D eigenvalue weighted by Gasteiger charge is 2.35. The highest BCUT2D eigenvalue weighted by molar-refractivity contribution is 9.10. The van der Waals surface area contributed by atoms with E-state index in [0.717, 1.165) is 23.4 Å². The van der Waals surface area contributed by atoms with Crippen molar-refractivity contribution in [3.63, 3.8) is 0 Å². The summed E-state index contributed by atoms with van der Waals surface area (Å²) in [6.45, 7) is -0.124. The van der Waals surface area contributed by atoms with Crippen LogP contribution in [0.1, 0.15) is 49.8 Å². The maximum Gasteiger partial charge on any atom is 0.329 e. The molecular formula is C25H26BrF2N3O4. The molecule has 2 heterocycles. The number of aromatic nitrogens is 1. The Balaban J connectivity index is 1.35. The van der Waals surface area contributed by atoms with Crippen LogP contribution >= 0.6 is 15.9 Å². The van der Waals surface area contributed by atoms with Crippen molar-refractivity contribution in [1.29, 1.82) is 0 Å². The van der Waals surface area contributed by atoms with Gasteiger partial charge in [-0.2, -0.15) is 0 Å². The van der Waals surface area contributed by atoms with Gasteiger partial charge >= 0.3 is 5.97 Å². The van der Waals surface area contributed by atoms with Crippen molar-refractivity contribution in [2.24, 2.45) is 5.92 Å². The molecule has 0 radical (unpaired) electrons. The summed E-state index contributed by atoms with van der Waals surface area (Å²) >= 11 is 3.30. The number of amides is 2. The van der Waals surface area contributed by atoms with E-state index in [-0.39, 0.29) is 37.5 Å². The number of pyridine rings is 1. The Morgan fingerprint density at radius 2 is 2.00 bits per heavy atom. The van der Waals surface area contributed by atoms with Gasteiger partial charge in [0.25, 0.3) is 0 Å². The number of nitrogens with one attached hydrogen (secondary N) is 1. The van der Waals surface area contributed by atoms with Crippen LogP contribution in [-0.2, 0) is 32.3 Å². The summed E-state index contributed by atoms with van der Waals surface area (Å²) in [6, 6.07) is 6.09. The standard InChI is InChI=1S/C25H26BrF2N3O4/c26-17-6-7-18(29-12-17)14-35-25(34)21(10-15-4-5-15)30-22(32)11-19-8-9-23(33)31(19)13-16-2-1-3-20(27)24(16)28/h1-3,6-7,12,15,19,21H,4-5,8-11,13-14H2,(H,30,32)/t19-,21-/m0/s1. The van der Waals surface area contributed by atoms with Crippen molar-refractivity contribution in [3.05, 3.63) is 63.9 Å². The van der Waals surface area contributed by atoms with E-state index >= 15 is 0 Å². The summed E-state index contributed by atoms with van der Waals surface area (Å²) in [5.74, 6) is -2.76. The minimum Gasteiger partial charge on any atom is -0.458 e. The zero-order valence-corrected chi connectivity index (χ0v) is 20.6. The molecular weight excluding hydrogens is 524 g/mol. The van der Waals surface area contributed by atoms with Crippen LogP contribution in [0.2, 0.25) is 0 Å². The second-order valence-electron chi connectivity index (χ2n) is 9.01. The summed E-state index contributed by atoms with van der Waals surface area (Å²) in [5, 5.41) is 2.77. The average Bonchev–Trinajstić information content (AvgIpc) is 3.59. The highest BCUT2D eigenvalue weighted by atomic mass is 79.9. The average molecular weight is 550 g/mol. The Bertz CT molecular complexity index is 1090. The number of ether oxygens (including phenoxy) is 1. The number of carbonyl (C=O) groups excluding carboxylic acids is 3. The molecule has 1 aliphatic heterocycles. The molecule has 4 rings (SSSR count). The molecule has 1 aromatic carbocycles. The van der Waals surface area contributed by atoms with Gasteiger partial charge in [-0.15, -0.1) is 0 Å². The van der Waals surface area contributed by atoms with E-state index in [0.29, 0.717) is 24.5 Å². The molecule has 186 valence electrons. The van der Waals surface area contributed by atoms with E-state index < -0.39 is 35.6 Å². The summed E-state index contributed by atoms with van der Waals surface area (Å²) in [4.78, 5) is 43.5. The smallest absolute Gasteiger partial charge is 0.329 e. The number of hydrogen-bond acceptors (Lipinski definition) is 5. The van der Waals surface area contributed by atoms with Gasteiger partial charge < -0.3 is 15.0 Å². The third kappa shape index (κ3) is 6.84. The van der Waals surface area contributed by atoms with Gasteiger partial charge in [0.15, 0.2) is 11.6 Å². The fourth-order valence-electron chi connectivity index (χ4n) is 4.18. The fraction of sp³-hybridized carbons (Fsp3) is 0.440. The molecule has 1 saturated heterocycles. The van der Waals surface area contributed by atoms with Gasteiger partial charge in [-0.05, 0) is 52.9 Å². The van der Waals surface area contributed by atoms with E-state index in [1.54, 1.807) is 18.3 Å². The summed E-state index contributed by atoms with van der Waals surface area (Å²) in [7, 11) is 0. The minimum absolute atomic E-state index is 0.00669. The van der Waals surface area contributed by atoms with Crippen LogP contribution < -0.4 is 5.32 Å². The molecule has 2 fully saturated rings. The Morgan fingerprint density at radius 3 is 2.71 bits per heavy atom. The maximum atomic E-state index is 14.1. The van der Waals surface area contributed by atoms with Crippen LogP contribution in [0.3, 0.4) is 0 Å². The van der Waals surface area contributed by atoms with Crippen LogP contribution in [-0.4, -0.2) is 39.8 Å². The predicted molar refractivity (Wildman–Crippen MR) is 126 cm³/mol. The van der Waals surface area contributed by atoms with Crippen molar-refractivity contribution in [1.82, 2.24) is 15.2 Å². The lowest BCUT2D eigenvalue weighted by molar-refractivity contribution is -0.149. The van der Waals surface area contributed by atoms with Crippen molar-refractivity contribution in [3.8, 4) is 0 Å². The van der Waals surface area contributed by atoms with E-state index in [1.165, 1.54) is 17.0 Å². The van der Waals surface area contributed by atoms with Gasteiger partial charge in [-0.1, -0.05) is 25.0 Å². The van der Waals surface area contributed by atoms with E-state index in [4.69, 9.17) is 4.74 Å². The van der Waals surface area contributed by atoms with Crippen molar-refractivity contribution < 1.29 is 27.9 Å². The van der Waals surface area contributed by atoms with Gasteiger partial charge in [-0.25, -0.2) is 13.6 Å². The predicted octanol–water partition coefficient (Wildman–Crippen LogP) is 4.03. The number of hydrogen-bond donors (Lipinski definition) is 1. The SMILES string of the molecule is O=C(C[C@@H]1CCC(=O)N1Cc1cccc(F)c1F)N[C@@H](CC1CC1)C(=O)OCc1ccc(Br)cn1. The molecule has 2 amide bonds. The molecule has 0 unspecified atom stereocenters. The lowest BCUT2D eigenvalue weighted by Gasteiger charge is -2.26. The second-order valence-corrected chi connectivity index (χ2v) is 9.92. The minimum atomic E-state index is -0.997. The van der Waals surface area contributed by atoms with Crippen LogP contribution in [0, 0.1) is 17.6 Å². The lowest BCUT2D eigenvalue weighted by atomic mass is 10.1. The first-order chi connectivity index (χ1) is 16.8. The van der Waals surface area contributed by atoms with Crippen molar-refractivity contribution in [2.75, 3.05) is 0 Å². The van der Waals surface area contributed by atoms with Gasteiger partial charge in [0, 0.05) is 41.7 Å². The van der Waals surface area contributed by atoms with E-state index in [1.807, 2.05) is 0 Å². The molecule has 1 aromatic heterocycles. The molecule has 2 atom stereocenters. The van der Waals surface area contributed by atoms with Crippen LogP contribution in [0.25, 0.3) is 0 Å². The number of esters is 1. The zero-order chi connectivity index (χ0) is 24.9. The second kappa shape index (κ2) is 11.2. The number of carbonyl (C=O) groups is 3. The normalized spacial score (nSPS) is 18.4. The number of benzene rings is 1. The third-order valence-electron chi connectivity index (χ3n) is 6.28. The molecule has 2 aliphatic rings. The van der Waals surface area contributed by atoms with Gasteiger partial charge in [-0.3, -0.25) is 14.6 Å². The van der Waals surface area contributed by atoms with Crippen LogP contribution in [0.5, 0.6) is 0 Å². The van der Waals surface area contributed by atoms with Crippen LogP contribution in [0.4, 0.5) is 8.78 Å². The number of likely N-dealkylation sites (tertiary alicyclic amines) is 1. The lowest BCUT2D eigenvalue weighted by Crippen LogP contribution is -2.44. The van der Waals surface area contributed by atoms with Crippen molar-refractivity contribution >= 4 is 33.7 Å². The summed E-state index contributed by atoms with van der Waals surface area (Å²) < 4.78 is 33.9. The van der Waals surface area contributed by atoms with Gasteiger partial charge in [0.2, 0.25) is 11.8 Å². The molecule has 7 nitrogen and oxygen atoms in total. The molecule has 1 N–H and O–H groups in total.